The molecular weight excluding hydrogens is 192 g/mol. The van der Waals surface area contributed by atoms with Crippen LogP contribution in [0, 0.1) is 0 Å². The zero-order valence-electron chi connectivity index (χ0n) is 9.09. The second kappa shape index (κ2) is 5.34. The first-order valence-electron chi connectivity index (χ1n) is 5.13. The molecule has 0 saturated heterocycles. The van der Waals surface area contributed by atoms with E-state index in [4.69, 9.17) is 0 Å². The number of rotatable bonds is 5. The van der Waals surface area contributed by atoms with Crippen molar-refractivity contribution in [3.63, 3.8) is 0 Å². The van der Waals surface area contributed by atoms with Crippen molar-refractivity contribution in [2.75, 3.05) is 6.54 Å². The molecule has 4 nitrogen and oxygen atoms in total. The number of nitrogens with one attached hydrogen (secondary N) is 2. The van der Waals surface area contributed by atoms with Crippen molar-refractivity contribution in [2.24, 2.45) is 0 Å². The van der Waals surface area contributed by atoms with Crippen molar-refractivity contribution in [1.82, 2.24) is 10.3 Å². The molecule has 2 N–H and O–H groups in total. The minimum atomic E-state index is -0.157. The fourth-order valence-corrected chi connectivity index (χ4v) is 1.21. The number of hydrogen-bond donors (Lipinski definition) is 2. The molecule has 1 heterocycles. The second-order valence-electron chi connectivity index (χ2n) is 3.45. The number of Topliss-reactive ketones (excluding diaryl/α,β-unsaturated/α-hetero) is 1. The molecule has 0 aliphatic rings. The molecule has 0 spiro atoms. The molecule has 0 aromatic carbocycles. The lowest BCUT2D eigenvalue weighted by molar-refractivity contribution is 0.0949. The van der Waals surface area contributed by atoms with Crippen LogP contribution in [0.3, 0.4) is 0 Å². The van der Waals surface area contributed by atoms with Crippen molar-refractivity contribution >= 4 is 11.7 Å². The maximum Gasteiger partial charge on any atom is 0.267 e. The quantitative estimate of drug-likeness (QED) is 0.572. The van der Waals surface area contributed by atoms with Crippen LogP contribution in [-0.4, -0.2) is 23.2 Å². The Kier molecular flexibility index (Phi) is 4.09. The number of unbranched alkanes of at least 4 members (excludes halogenated alkanes) is 1. The van der Waals surface area contributed by atoms with Gasteiger partial charge in [0.2, 0.25) is 0 Å². The fraction of sp³-hybridized carbons (Fsp3) is 0.455. The summed E-state index contributed by atoms with van der Waals surface area (Å²) in [5.41, 5.74) is 0.909. The van der Waals surface area contributed by atoms with E-state index in [1.165, 1.54) is 6.92 Å². The minimum absolute atomic E-state index is 0.0670. The van der Waals surface area contributed by atoms with Crippen molar-refractivity contribution in [3.8, 4) is 0 Å². The fourth-order valence-electron chi connectivity index (χ4n) is 1.21. The molecule has 0 saturated carbocycles. The SMILES string of the molecule is CCCCNC(=O)c1ccc(C(C)=O)[nH]1. The lowest BCUT2D eigenvalue weighted by atomic mass is 10.3. The van der Waals surface area contributed by atoms with Gasteiger partial charge in [0.25, 0.3) is 5.91 Å². The topological polar surface area (TPSA) is 62.0 Å². The largest absolute Gasteiger partial charge is 0.351 e. The first-order valence-corrected chi connectivity index (χ1v) is 5.13. The van der Waals surface area contributed by atoms with Gasteiger partial charge in [-0.2, -0.15) is 0 Å². The Morgan fingerprint density at radius 3 is 2.53 bits per heavy atom. The number of aromatic nitrogens is 1. The summed E-state index contributed by atoms with van der Waals surface area (Å²) in [5.74, 6) is -0.224. The smallest absolute Gasteiger partial charge is 0.267 e. The molecule has 15 heavy (non-hydrogen) atoms. The first kappa shape index (κ1) is 11.5. The summed E-state index contributed by atoms with van der Waals surface area (Å²) in [6, 6.07) is 3.25. The Morgan fingerprint density at radius 1 is 1.33 bits per heavy atom. The van der Waals surface area contributed by atoms with Gasteiger partial charge in [-0.1, -0.05) is 13.3 Å². The van der Waals surface area contributed by atoms with Crippen LogP contribution in [0.2, 0.25) is 0 Å². The number of amides is 1. The third-order valence-electron chi connectivity index (χ3n) is 2.13. The van der Waals surface area contributed by atoms with Gasteiger partial charge in [-0.3, -0.25) is 9.59 Å². The Labute approximate surface area is 89.1 Å². The molecule has 1 aromatic heterocycles. The Hall–Kier alpha value is -1.58. The zero-order chi connectivity index (χ0) is 11.3. The van der Waals surface area contributed by atoms with Crippen molar-refractivity contribution < 1.29 is 9.59 Å². The van der Waals surface area contributed by atoms with Crippen LogP contribution in [0.1, 0.15) is 47.7 Å². The molecule has 0 fully saturated rings. The zero-order valence-corrected chi connectivity index (χ0v) is 9.09. The van der Waals surface area contributed by atoms with Crippen molar-refractivity contribution in [3.05, 3.63) is 23.5 Å². The van der Waals surface area contributed by atoms with Crippen LogP contribution in [0.4, 0.5) is 0 Å². The van der Waals surface area contributed by atoms with E-state index in [-0.39, 0.29) is 11.7 Å². The molecule has 1 rings (SSSR count). The van der Waals surface area contributed by atoms with E-state index in [9.17, 15) is 9.59 Å². The summed E-state index contributed by atoms with van der Waals surface area (Å²) < 4.78 is 0. The van der Waals surface area contributed by atoms with Gasteiger partial charge in [0, 0.05) is 13.5 Å². The van der Waals surface area contributed by atoms with E-state index in [0.717, 1.165) is 12.8 Å². The van der Waals surface area contributed by atoms with E-state index in [1.54, 1.807) is 12.1 Å². The van der Waals surface area contributed by atoms with Gasteiger partial charge in [-0.25, -0.2) is 0 Å². The molecule has 0 aliphatic heterocycles. The number of carbonyl (C=O) groups is 2. The van der Waals surface area contributed by atoms with E-state index < -0.39 is 0 Å². The average molecular weight is 208 g/mol. The summed E-state index contributed by atoms with van der Waals surface area (Å²) in [7, 11) is 0. The highest BCUT2D eigenvalue weighted by Gasteiger charge is 2.09. The molecule has 0 unspecified atom stereocenters. The Balaban J connectivity index is 2.54. The van der Waals surface area contributed by atoms with Gasteiger partial charge in [0.1, 0.15) is 5.69 Å². The Morgan fingerprint density at radius 2 is 2.00 bits per heavy atom. The van der Waals surface area contributed by atoms with Gasteiger partial charge in [0.05, 0.1) is 5.69 Å². The summed E-state index contributed by atoms with van der Waals surface area (Å²) in [4.78, 5) is 25.3. The van der Waals surface area contributed by atoms with E-state index >= 15 is 0 Å². The summed E-state index contributed by atoms with van der Waals surface area (Å²) >= 11 is 0. The van der Waals surface area contributed by atoms with Crippen LogP contribution in [-0.2, 0) is 0 Å². The third kappa shape index (κ3) is 3.23. The minimum Gasteiger partial charge on any atom is -0.351 e. The predicted octanol–water partition coefficient (Wildman–Crippen LogP) is 1.75. The predicted molar refractivity (Wildman–Crippen MR) is 58.0 cm³/mol. The number of ketones is 1. The molecule has 1 aromatic rings. The highest BCUT2D eigenvalue weighted by Crippen LogP contribution is 2.02. The lowest BCUT2D eigenvalue weighted by Crippen LogP contribution is -2.24. The lowest BCUT2D eigenvalue weighted by Gasteiger charge is -2.01. The number of carbonyl (C=O) groups excluding carboxylic acids is 2. The van der Waals surface area contributed by atoms with Gasteiger partial charge in [0.15, 0.2) is 5.78 Å². The van der Waals surface area contributed by atoms with E-state index in [1.807, 2.05) is 0 Å². The normalized spacial score (nSPS) is 10.0. The molecule has 4 heteroatoms. The van der Waals surface area contributed by atoms with Gasteiger partial charge in [-0.05, 0) is 18.6 Å². The second-order valence-corrected chi connectivity index (χ2v) is 3.45. The maximum atomic E-state index is 11.5. The van der Waals surface area contributed by atoms with Gasteiger partial charge in [-0.15, -0.1) is 0 Å². The molecule has 1 amide bonds. The monoisotopic (exact) mass is 208 g/mol. The standard InChI is InChI=1S/C11H16N2O2/c1-3-4-7-12-11(15)10-6-5-9(13-10)8(2)14/h5-6,13H,3-4,7H2,1-2H3,(H,12,15). The summed E-state index contributed by atoms with van der Waals surface area (Å²) in [5, 5.41) is 2.77. The van der Waals surface area contributed by atoms with Gasteiger partial charge >= 0.3 is 0 Å². The molecule has 82 valence electrons. The third-order valence-corrected chi connectivity index (χ3v) is 2.13. The molecular formula is C11H16N2O2. The van der Waals surface area contributed by atoms with Crippen LogP contribution < -0.4 is 5.32 Å². The first-order chi connectivity index (χ1) is 7.15. The average Bonchev–Trinajstić information content (AvgIpc) is 2.66. The van der Waals surface area contributed by atoms with E-state index in [0.29, 0.717) is 17.9 Å². The Bertz CT molecular complexity index is 355. The van der Waals surface area contributed by atoms with Gasteiger partial charge < -0.3 is 10.3 Å². The van der Waals surface area contributed by atoms with E-state index in [2.05, 4.69) is 17.2 Å². The number of aromatic amines is 1. The van der Waals surface area contributed by atoms with Crippen LogP contribution in [0.25, 0.3) is 0 Å². The number of H-pyrrole nitrogens is 1. The molecule has 0 bridgehead atoms. The van der Waals surface area contributed by atoms with Crippen LogP contribution >= 0.6 is 0 Å². The molecule has 0 radical (unpaired) electrons. The highest BCUT2D eigenvalue weighted by molar-refractivity contribution is 5.97. The van der Waals surface area contributed by atoms with Crippen LogP contribution in [0.15, 0.2) is 12.1 Å². The highest BCUT2D eigenvalue weighted by atomic mass is 16.2. The maximum absolute atomic E-state index is 11.5. The van der Waals surface area contributed by atoms with Crippen LogP contribution in [0.5, 0.6) is 0 Å². The van der Waals surface area contributed by atoms with Crippen molar-refractivity contribution in [1.29, 1.82) is 0 Å². The number of hydrogen-bond acceptors (Lipinski definition) is 2. The molecule has 0 atom stereocenters. The van der Waals surface area contributed by atoms with Crippen molar-refractivity contribution in [2.45, 2.75) is 26.7 Å². The molecule has 0 aliphatic carbocycles. The summed E-state index contributed by atoms with van der Waals surface area (Å²) in [6.07, 6.45) is 2.01. The summed E-state index contributed by atoms with van der Waals surface area (Å²) in [6.45, 7) is 4.20.